The topological polar surface area (TPSA) is 43.7 Å². The normalized spacial score (nSPS) is 14.1. The Balaban J connectivity index is 1.89. The second kappa shape index (κ2) is 8.71. The van der Waals surface area contributed by atoms with Gasteiger partial charge in [0.15, 0.2) is 0 Å². The molecule has 0 radical (unpaired) electrons. The van der Waals surface area contributed by atoms with Gasteiger partial charge in [0.1, 0.15) is 12.5 Å². The Labute approximate surface area is 187 Å². The number of aryl methyl sites for hydroxylation is 1. The Morgan fingerprint density at radius 1 is 1.41 bits per heavy atom. The molecule has 3 aromatic rings. The monoisotopic (exact) mass is 494 g/mol. The smallest absolute Gasteiger partial charge is 0.340 e. The van der Waals surface area contributed by atoms with Gasteiger partial charge in [0.05, 0.1) is 26.4 Å². The molecule has 0 spiro atoms. The van der Waals surface area contributed by atoms with Crippen LogP contribution in [0.15, 0.2) is 32.3 Å². The second-order valence-electron chi connectivity index (χ2n) is 7.09. The van der Waals surface area contributed by atoms with E-state index >= 15 is 0 Å². The highest BCUT2D eigenvalue weighted by Gasteiger charge is 2.29. The number of thioether (sulfide) groups is 1. The molecule has 0 saturated carbocycles. The second-order valence-corrected chi connectivity index (χ2v) is 10.2. The summed E-state index contributed by atoms with van der Waals surface area (Å²) in [4.78, 5) is 15.3. The quantitative estimate of drug-likeness (QED) is 0.327. The molecule has 8 heteroatoms. The highest BCUT2D eigenvalue weighted by Crippen LogP contribution is 2.43. The van der Waals surface area contributed by atoms with Gasteiger partial charge in [0, 0.05) is 36.0 Å². The zero-order chi connectivity index (χ0) is 20.5. The minimum atomic E-state index is -0.253. The number of benzene rings is 1. The maximum absolute atomic E-state index is 13.2. The Morgan fingerprint density at radius 2 is 2.24 bits per heavy atom. The van der Waals surface area contributed by atoms with Crippen molar-refractivity contribution in [1.82, 2.24) is 9.47 Å². The zero-order valence-corrected chi connectivity index (χ0v) is 19.9. The number of hydrogen-bond acceptors (Lipinski definition) is 6. The first-order valence-corrected chi connectivity index (χ1v) is 12.1. The number of halogens is 1. The molecule has 0 atom stereocenters. The minimum absolute atomic E-state index is 0.253. The van der Waals surface area contributed by atoms with E-state index in [4.69, 9.17) is 9.47 Å². The molecule has 0 aliphatic carbocycles. The van der Waals surface area contributed by atoms with E-state index in [1.165, 1.54) is 4.21 Å². The van der Waals surface area contributed by atoms with Gasteiger partial charge in [0.2, 0.25) is 0 Å². The van der Waals surface area contributed by atoms with Crippen molar-refractivity contribution in [2.45, 2.75) is 29.9 Å². The lowest BCUT2D eigenvalue weighted by molar-refractivity contribution is 0.0506. The lowest BCUT2D eigenvalue weighted by Gasteiger charge is -2.27. The van der Waals surface area contributed by atoms with Gasteiger partial charge in [-0.05, 0) is 46.9 Å². The molecule has 2 aromatic heterocycles. The van der Waals surface area contributed by atoms with Crippen LogP contribution in [0.3, 0.4) is 0 Å². The maximum Gasteiger partial charge on any atom is 0.340 e. The SMILES string of the molecule is CCCOC(=O)c1c(CSc2cccs2)n(C)c2cc(Br)c3c(c12)CN(C)CO3. The molecule has 1 aliphatic heterocycles. The molecule has 5 nitrogen and oxygen atoms in total. The minimum Gasteiger partial charge on any atom is -0.477 e. The molecule has 0 bridgehead atoms. The number of ether oxygens (including phenoxy) is 2. The number of aromatic nitrogens is 1. The van der Waals surface area contributed by atoms with E-state index < -0.39 is 0 Å². The average molecular weight is 495 g/mol. The third-order valence-corrected chi connectivity index (χ3v) is 7.69. The van der Waals surface area contributed by atoms with Gasteiger partial charge >= 0.3 is 5.97 Å². The summed E-state index contributed by atoms with van der Waals surface area (Å²) in [6.45, 7) is 3.68. The summed E-state index contributed by atoms with van der Waals surface area (Å²) in [5.41, 5.74) is 3.70. The summed E-state index contributed by atoms with van der Waals surface area (Å²) in [5.74, 6) is 1.27. The fraction of sp³-hybridized carbons (Fsp3) is 0.381. The average Bonchev–Trinajstić information content (AvgIpc) is 3.31. The molecule has 0 fully saturated rings. The molecule has 1 aliphatic rings. The van der Waals surface area contributed by atoms with Crippen molar-refractivity contribution in [3.63, 3.8) is 0 Å². The lowest BCUT2D eigenvalue weighted by Crippen LogP contribution is -2.28. The van der Waals surface area contributed by atoms with Crippen molar-refractivity contribution in [2.75, 3.05) is 20.4 Å². The molecule has 154 valence electrons. The maximum atomic E-state index is 13.2. The highest BCUT2D eigenvalue weighted by molar-refractivity contribution is 9.10. The van der Waals surface area contributed by atoms with E-state index in [-0.39, 0.29) is 5.97 Å². The lowest BCUT2D eigenvalue weighted by atomic mass is 10.0. The molecule has 0 unspecified atom stereocenters. The van der Waals surface area contributed by atoms with Crippen LogP contribution < -0.4 is 4.74 Å². The molecule has 3 heterocycles. The van der Waals surface area contributed by atoms with Gasteiger partial charge in [-0.15, -0.1) is 23.1 Å². The van der Waals surface area contributed by atoms with Crippen LogP contribution in [0.1, 0.15) is 35.0 Å². The van der Waals surface area contributed by atoms with Crippen LogP contribution in [0.2, 0.25) is 0 Å². The number of nitrogens with zero attached hydrogens (tertiary/aromatic N) is 2. The number of hydrogen-bond donors (Lipinski definition) is 0. The summed E-state index contributed by atoms with van der Waals surface area (Å²) in [5, 5.41) is 3.01. The molecular formula is C21H23BrN2O3S2. The van der Waals surface area contributed by atoms with Crippen molar-refractivity contribution in [1.29, 1.82) is 0 Å². The number of carbonyl (C=O) groups excluding carboxylic acids is 1. The van der Waals surface area contributed by atoms with Crippen LogP contribution in [-0.2, 0) is 24.1 Å². The van der Waals surface area contributed by atoms with E-state index in [9.17, 15) is 4.79 Å². The first-order valence-electron chi connectivity index (χ1n) is 9.48. The third kappa shape index (κ3) is 3.95. The van der Waals surface area contributed by atoms with Crippen LogP contribution in [0.25, 0.3) is 10.9 Å². The first kappa shape index (κ1) is 20.8. The van der Waals surface area contributed by atoms with Gasteiger partial charge in [-0.1, -0.05) is 13.0 Å². The Kier molecular flexibility index (Phi) is 6.24. The summed E-state index contributed by atoms with van der Waals surface area (Å²) >= 11 is 7.12. The Hall–Kier alpha value is -1.48. The third-order valence-electron chi connectivity index (χ3n) is 4.96. The van der Waals surface area contributed by atoms with Crippen molar-refractivity contribution in [3.8, 4) is 5.75 Å². The van der Waals surface area contributed by atoms with Crippen LogP contribution in [0.5, 0.6) is 5.75 Å². The van der Waals surface area contributed by atoms with Crippen molar-refractivity contribution in [2.24, 2.45) is 7.05 Å². The molecule has 4 rings (SSSR count). The van der Waals surface area contributed by atoms with E-state index in [1.54, 1.807) is 23.1 Å². The predicted molar refractivity (Wildman–Crippen MR) is 122 cm³/mol. The highest BCUT2D eigenvalue weighted by atomic mass is 79.9. The zero-order valence-electron chi connectivity index (χ0n) is 16.7. The molecule has 0 saturated heterocycles. The molecule has 0 N–H and O–H groups in total. The summed E-state index contributed by atoms with van der Waals surface area (Å²) in [7, 11) is 4.04. The fourth-order valence-corrected chi connectivity index (χ4v) is 6.04. The first-order chi connectivity index (χ1) is 14.0. The van der Waals surface area contributed by atoms with E-state index in [1.807, 2.05) is 27.1 Å². The standard InChI is InChI=1S/C21H23BrN2O3S2/c1-4-7-26-21(25)19-16(11-29-17-6-5-8-28-17)24(3)15-9-14(22)20-13(18(15)19)10-23(2)12-27-20/h5-6,8-9H,4,7,10-12H2,1-3H3. The molecule has 0 amide bonds. The van der Waals surface area contributed by atoms with Crippen molar-refractivity contribution >= 4 is 55.9 Å². The number of carbonyl (C=O) groups is 1. The van der Waals surface area contributed by atoms with E-state index in [2.05, 4.69) is 42.9 Å². The van der Waals surface area contributed by atoms with E-state index in [0.717, 1.165) is 45.3 Å². The van der Waals surface area contributed by atoms with Crippen LogP contribution in [0, 0.1) is 0 Å². The Morgan fingerprint density at radius 3 is 2.97 bits per heavy atom. The number of rotatable bonds is 6. The van der Waals surface area contributed by atoms with Crippen molar-refractivity contribution in [3.05, 3.63) is 44.9 Å². The predicted octanol–water partition coefficient (Wildman–Crippen LogP) is 5.64. The van der Waals surface area contributed by atoms with Gasteiger partial charge < -0.3 is 14.0 Å². The molecule has 1 aromatic carbocycles. The van der Waals surface area contributed by atoms with Crippen LogP contribution in [-0.4, -0.2) is 35.8 Å². The van der Waals surface area contributed by atoms with E-state index in [0.29, 0.717) is 24.7 Å². The molecular weight excluding hydrogens is 472 g/mol. The van der Waals surface area contributed by atoms with Gasteiger partial charge in [-0.25, -0.2) is 4.79 Å². The number of fused-ring (bicyclic) bond motifs is 3. The Bertz CT molecular complexity index is 1050. The largest absolute Gasteiger partial charge is 0.477 e. The van der Waals surface area contributed by atoms with Crippen molar-refractivity contribution < 1.29 is 14.3 Å². The van der Waals surface area contributed by atoms with Crippen LogP contribution in [0.4, 0.5) is 0 Å². The van der Waals surface area contributed by atoms with Gasteiger partial charge in [-0.2, -0.15) is 0 Å². The van der Waals surface area contributed by atoms with Gasteiger partial charge in [-0.3, -0.25) is 4.90 Å². The van der Waals surface area contributed by atoms with Crippen LogP contribution >= 0.6 is 39.0 Å². The van der Waals surface area contributed by atoms with Gasteiger partial charge in [0.25, 0.3) is 0 Å². The summed E-state index contributed by atoms with van der Waals surface area (Å²) in [6, 6.07) is 6.20. The fourth-order valence-electron chi connectivity index (χ4n) is 3.61. The summed E-state index contributed by atoms with van der Waals surface area (Å²) < 4.78 is 15.8. The molecule has 29 heavy (non-hydrogen) atoms. The number of esters is 1. The number of thiophene rings is 1. The summed E-state index contributed by atoms with van der Waals surface area (Å²) in [6.07, 6.45) is 0.797.